The van der Waals surface area contributed by atoms with Crippen LogP contribution in [0.2, 0.25) is 0 Å². The van der Waals surface area contributed by atoms with Gasteiger partial charge in [-0.25, -0.2) is 0 Å². The van der Waals surface area contributed by atoms with Gasteiger partial charge in [-0.2, -0.15) is 0 Å². The minimum atomic E-state index is 0.137. The number of benzene rings is 2. The van der Waals surface area contributed by atoms with Crippen molar-refractivity contribution in [2.75, 3.05) is 7.11 Å². The van der Waals surface area contributed by atoms with Crippen LogP contribution in [0.3, 0.4) is 0 Å². The summed E-state index contributed by atoms with van der Waals surface area (Å²) < 4.78 is 7.59. The van der Waals surface area contributed by atoms with Crippen molar-refractivity contribution in [3.05, 3.63) is 61.5 Å². The molecule has 0 fully saturated rings. The van der Waals surface area contributed by atoms with E-state index in [1.54, 1.807) is 7.11 Å². The number of halogens is 3. The second-order valence-corrected chi connectivity index (χ2v) is 7.40. The Morgan fingerprint density at radius 2 is 1.60 bits per heavy atom. The fourth-order valence-electron chi connectivity index (χ4n) is 2.34. The van der Waals surface area contributed by atoms with Gasteiger partial charge in [-0.15, -0.1) is 0 Å². The minimum absolute atomic E-state index is 0.137. The van der Waals surface area contributed by atoms with Crippen LogP contribution in [-0.2, 0) is 0 Å². The molecule has 1 nitrogen and oxygen atoms in total. The first-order chi connectivity index (χ1) is 9.43. The molecule has 2 aromatic carbocycles. The molecule has 0 aliphatic heterocycles. The predicted molar refractivity (Wildman–Crippen MR) is 95.1 cm³/mol. The molecule has 0 aliphatic carbocycles. The van der Waals surface area contributed by atoms with Crippen LogP contribution in [0.25, 0.3) is 0 Å². The monoisotopic (exact) mass is 460 g/mol. The van der Waals surface area contributed by atoms with E-state index < -0.39 is 0 Å². The third-order valence-corrected chi connectivity index (χ3v) is 5.45. The van der Waals surface area contributed by atoms with Crippen LogP contribution in [0.1, 0.15) is 27.1 Å². The van der Waals surface area contributed by atoms with Gasteiger partial charge in [0.15, 0.2) is 0 Å². The average molecular weight is 463 g/mol. The van der Waals surface area contributed by atoms with Gasteiger partial charge in [0.2, 0.25) is 0 Å². The van der Waals surface area contributed by atoms with Crippen LogP contribution in [0, 0.1) is 13.8 Å². The van der Waals surface area contributed by atoms with E-state index in [1.807, 2.05) is 6.07 Å². The van der Waals surface area contributed by atoms with E-state index in [0.29, 0.717) is 0 Å². The largest absolute Gasteiger partial charge is 0.496 e. The normalized spacial score (nSPS) is 12.3. The zero-order valence-electron chi connectivity index (χ0n) is 11.5. The molecule has 0 radical (unpaired) electrons. The maximum absolute atomic E-state index is 5.43. The minimum Gasteiger partial charge on any atom is -0.496 e. The summed E-state index contributed by atoms with van der Waals surface area (Å²) in [6.45, 7) is 4.15. The Morgan fingerprint density at radius 3 is 2.15 bits per heavy atom. The lowest BCUT2D eigenvalue weighted by atomic mass is 9.99. The second-order valence-electron chi connectivity index (χ2n) is 4.72. The molecular weight excluding hydrogens is 448 g/mol. The molecule has 1 unspecified atom stereocenters. The third-order valence-electron chi connectivity index (χ3n) is 3.21. The molecule has 0 aromatic heterocycles. The summed E-state index contributed by atoms with van der Waals surface area (Å²) in [5.41, 5.74) is 4.72. The van der Waals surface area contributed by atoms with Crippen molar-refractivity contribution in [3.8, 4) is 5.75 Å². The molecule has 106 valence electrons. The highest BCUT2D eigenvalue weighted by Crippen LogP contribution is 2.39. The Morgan fingerprint density at radius 1 is 1.00 bits per heavy atom. The lowest BCUT2D eigenvalue weighted by Crippen LogP contribution is -1.98. The van der Waals surface area contributed by atoms with Crippen molar-refractivity contribution in [3.63, 3.8) is 0 Å². The lowest BCUT2D eigenvalue weighted by Gasteiger charge is -2.17. The van der Waals surface area contributed by atoms with E-state index in [9.17, 15) is 0 Å². The van der Waals surface area contributed by atoms with Crippen LogP contribution >= 0.6 is 47.8 Å². The quantitative estimate of drug-likeness (QED) is 0.485. The molecule has 0 aliphatic rings. The van der Waals surface area contributed by atoms with E-state index >= 15 is 0 Å². The Labute approximate surface area is 145 Å². The SMILES string of the molecule is COc1c(C)cc(C(Br)c2cc(Br)ccc2Br)cc1C. The summed E-state index contributed by atoms with van der Waals surface area (Å²) in [5.74, 6) is 0.960. The van der Waals surface area contributed by atoms with E-state index in [2.05, 4.69) is 85.9 Å². The van der Waals surface area contributed by atoms with Crippen LogP contribution in [0.4, 0.5) is 0 Å². The van der Waals surface area contributed by atoms with Crippen LogP contribution in [0.5, 0.6) is 5.75 Å². The highest BCUT2D eigenvalue weighted by molar-refractivity contribution is 9.11. The molecule has 0 amide bonds. The number of hydrogen-bond donors (Lipinski definition) is 0. The topological polar surface area (TPSA) is 9.23 Å². The van der Waals surface area contributed by atoms with Crippen molar-refractivity contribution < 1.29 is 4.74 Å². The van der Waals surface area contributed by atoms with Crippen LogP contribution in [-0.4, -0.2) is 7.11 Å². The highest BCUT2D eigenvalue weighted by Gasteiger charge is 2.16. The number of ether oxygens (including phenoxy) is 1. The molecular formula is C16H15Br3O. The maximum atomic E-state index is 5.43. The number of rotatable bonds is 3. The summed E-state index contributed by atoms with van der Waals surface area (Å²) in [7, 11) is 1.71. The number of aryl methyl sites for hydroxylation is 2. The first kappa shape index (κ1) is 16.1. The van der Waals surface area contributed by atoms with E-state index in [0.717, 1.165) is 25.8 Å². The molecule has 0 saturated carbocycles. The molecule has 4 heteroatoms. The molecule has 20 heavy (non-hydrogen) atoms. The Kier molecular flexibility index (Phi) is 5.32. The first-order valence-electron chi connectivity index (χ1n) is 6.18. The zero-order valence-corrected chi connectivity index (χ0v) is 16.3. The second kappa shape index (κ2) is 6.63. The van der Waals surface area contributed by atoms with Crippen molar-refractivity contribution in [1.29, 1.82) is 0 Å². The molecule has 1 atom stereocenters. The predicted octanol–water partition coefficient (Wildman–Crippen LogP) is 6.32. The van der Waals surface area contributed by atoms with Gasteiger partial charge in [0, 0.05) is 8.95 Å². The molecule has 0 heterocycles. The number of hydrogen-bond acceptors (Lipinski definition) is 1. The fourth-order valence-corrected chi connectivity index (χ4v) is 4.15. The van der Waals surface area contributed by atoms with Gasteiger partial charge < -0.3 is 4.74 Å². The Bertz CT molecular complexity index is 615. The van der Waals surface area contributed by atoms with Gasteiger partial charge in [-0.3, -0.25) is 0 Å². The molecule has 0 saturated heterocycles. The Hall–Kier alpha value is -0.320. The highest BCUT2D eigenvalue weighted by atomic mass is 79.9. The number of methoxy groups -OCH3 is 1. The van der Waals surface area contributed by atoms with Crippen molar-refractivity contribution in [1.82, 2.24) is 0 Å². The molecule has 0 bridgehead atoms. The van der Waals surface area contributed by atoms with E-state index in [1.165, 1.54) is 11.1 Å². The number of alkyl halides is 1. The van der Waals surface area contributed by atoms with Crippen molar-refractivity contribution in [2.45, 2.75) is 18.7 Å². The van der Waals surface area contributed by atoms with Crippen molar-refractivity contribution >= 4 is 47.8 Å². The van der Waals surface area contributed by atoms with Crippen LogP contribution in [0.15, 0.2) is 39.3 Å². The van der Waals surface area contributed by atoms with E-state index in [4.69, 9.17) is 4.74 Å². The maximum Gasteiger partial charge on any atom is 0.124 e. The zero-order chi connectivity index (χ0) is 14.9. The van der Waals surface area contributed by atoms with Gasteiger partial charge in [-0.05, 0) is 54.3 Å². The summed E-state index contributed by atoms with van der Waals surface area (Å²) in [6, 6.07) is 10.5. The standard InChI is InChI=1S/C16H15Br3O/c1-9-6-11(7-10(2)16(9)20-3)15(19)13-8-12(17)4-5-14(13)18/h4-8,15H,1-3H3. The smallest absolute Gasteiger partial charge is 0.124 e. The summed E-state index contributed by atoms with van der Waals surface area (Å²) in [4.78, 5) is 0.137. The average Bonchev–Trinajstić information content (AvgIpc) is 2.40. The van der Waals surface area contributed by atoms with Gasteiger partial charge in [0.1, 0.15) is 5.75 Å². The summed E-state index contributed by atoms with van der Waals surface area (Å²) in [5, 5.41) is 0. The molecule has 0 spiro atoms. The van der Waals surface area contributed by atoms with Gasteiger partial charge >= 0.3 is 0 Å². The Balaban J connectivity index is 2.48. The molecule has 2 aromatic rings. The molecule has 2 rings (SSSR count). The summed E-state index contributed by atoms with van der Waals surface area (Å²) in [6.07, 6.45) is 0. The summed E-state index contributed by atoms with van der Waals surface area (Å²) >= 11 is 10.9. The van der Waals surface area contributed by atoms with Gasteiger partial charge in [-0.1, -0.05) is 59.9 Å². The van der Waals surface area contributed by atoms with E-state index in [-0.39, 0.29) is 4.83 Å². The third kappa shape index (κ3) is 3.29. The van der Waals surface area contributed by atoms with Gasteiger partial charge in [0.25, 0.3) is 0 Å². The van der Waals surface area contributed by atoms with Gasteiger partial charge in [0.05, 0.1) is 11.9 Å². The first-order valence-corrected chi connectivity index (χ1v) is 8.68. The molecule has 0 N–H and O–H groups in total. The lowest BCUT2D eigenvalue weighted by molar-refractivity contribution is 0.408. The fraction of sp³-hybridized carbons (Fsp3) is 0.250. The van der Waals surface area contributed by atoms with Crippen molar-refractivity contribution in [2.24, 2.45) is 0 Å². The van der Waals surface area contributed by atoms with Crippen LogP contribution < -0.4 is 4.74 Å².